The van der Waals surface area contributed by atoms with E-state index in [1.165, 1.54) is 0 Å². The largest absolute Gasteiger partial charge is 0.481 e. The molecule has 21 heavy (non-hydrogen) atoms. The van der Waals surface area contributed by atoms with Gasteiger partial charge in [-0.1, -0.05) is 11.6 Å². The number of rotatable bonds is 3. The first-order valence-corrected chi connectivity index (χ1v) is 7.34. The second kappa shape index (κ2) is 6.21. The van der Waals surface area contributed by atoms with Gasteiger partial charge in [-0.3, -0.25) is 4.79 Å². The molecule has 0 bridgehead atoms. The predicted molar refractivity (Wildman–Crippen MR) is 81.7 cm³/mol. The highest BCUT2D eigenvalue weighted by Crippen LogP contribution is 2.29. The minimum absolute atomic E-state index is 0.0669. The summed E-state index contributed by atoms with van der Waals surface area (Å²) in [5, 5.41) is 14.9. The van der Waals surface area contributed by atoms with Crippen LogP contribution in [0, 0.1) is 5.41 Å². The lowest BCUT2D eigenvalue weighted by Crippen LogP contribution is -2.50. The highest BCUT2D eigenvalue weighted by Gasteiger charge is 2.47. The number of ether oxygens (including phenoxy) is 1. The van der Waals surface area contributed by atoms with Crippen LogP contribution in [0.4, 0.5) is 10.5 Å². The van der Waals surface area contributed by atoms with Gasteiger partial charge in [-0.25, -0.2) is 4.79 Å². The van der Waals surface area contributed by atoms with Crippen molar-refractivity contribution >= 4 is 45.2 Å². The maximum Gasteiger partial charge on any atom is 0.319 e. The van der Waals surface area contributed by atoms with Gasteiger partial charge in [0.25, 0.3) is 0 Å². The third kappa shape index (κ3) is 3.48. The number of aliphatic carboxylic acids is 1. The maximum atomic E-state index is 11.9. The molecule has 6 nitrogen and oxygen atoms in total. The topological polar surface area (TPSA) is 87.7 Å². The highest BCUT2D eigenvalue weighted by atomic mass is 79.9. The SMILES string of the molecule is CC1(C(=O)O)COCC1NC(=O)Nc1ccc(Br)c(Cl)c1. The first-order valence-electron chi connectivity index (χ1n) is 6.16. The van der Waals surface area contributed by atoms with Gasteiger partial charge in [0.1, 0.15) is 5.41 Å². The number of carbonyl (C=O) groups is 2. The molecule has 8 heteroatoms. The predicted octanol–water partition coefficient (Wildman–Crippen LogP) is 2.71. The normalized spacial score (nSPS) is 24.6. The molecule has 1 fully saturated rings. The van der Waals surface area contributed by atoms with Gasteiger partial charge in [0.05, 0.1) is 24.3 Å². The number of halogens is 2. The number of hydrogen-bond acceptors (Lipinski definition) is 3. The Bertz CT molecular complexity index is 583. The molecule has 1 aliphatic heterocycles. The molecular formula is C13H14BrClN2O4. The van der Waals surface area contributed by atoms with Crippen molar-refractivity contribution in [3.63, 3.8) is 0 Å². The van der Waals surface area contributed by atoms with E-state index in [0.29, 0.717) is 10.7 Å². The highest BCUT2D eigenvalue weighted by molar-refractivity contribution is 9.10. The van der Waals surface area contributed by atoms with Gasteiger partial charge in [0.15, 0.2) is 0 Å². The van der Waals surface area contributed by atoms with E-state index in [9.17, 15) is 14.7 Å². The van der Waals surface area contributed by atoms with Gasteiger partial charge in [-0.2, -0.15) is 0 Å². The molecular weight excluding hydrogens is 364 g/mol. The molecule has 2 atom stereocenters. The fourth-order valence-electron chi connectivity index (χ4n) is 1.98. The lowest BCUT2D eigenvalue weighted by Gasteiger charge is -2.25. The van der Waals surface area contributed by atoms with Gasteiger partial charge in [-0.15, -0.1) is 0 Å². The Kier molecular flexibility index (Phi) is 4.75. The zero-order valence-electron chi connectivity index (χ0n) is 11.2. The van der Waals surface area contributed by atoms with E-state index in [1.807, 2.05) is 0 Å². The van der Waals surface area contributed by atoms with Crippen LogP contribution < -0.4 is 10.6 Å². The molecule has 0 spiro atoms. The lowest BCUT2D eigenvalue weighted by molar-refractivity contribution is -0.148. The number of urea groups is 1. The van der Waals surface area contributed by atoms with Crippen LogP contribution in [0.3, 0.4) is 0 Å². The minimum Gasteiger partial charge on any atom is -0.481 e. The second-order valence-electron chi connectivity index (χ2n) is 5.02. The standard InChI is InChI=1S/C13H14BrClN2O4/c1-13(11(18)19)6-21-5-10(13)17-12(20)16-7-2-3-8(14)9(15)4-7/h2-4,10H,5-6H2,1H3,(H,18,19)(H2,16,17,20). The monoisotopic (exact) mass is 376 g/mol. The smallest absolute Gasteiger partial charge is 0.319 e. The number of nitrogens with one attached hydrogen (secondary N) is 2. The van der Waals surface area contributed by atoms with E-state index in [-0.39, 0.29) is 13.2 Å². The van der Waals surface area contributed by atoms with Crippen molar-refractivity contribution in [2.45, 2.75) is 13.0 Å². The first-order chi connectivity index (χ1) is 9.83. The molecule has 1 heterocycles. The van der Waals surface area contributed by atoms with Crippen LogP contribution in [0.1, 0.15) is 6.92 Å². The van der Waals surface area contributed by atoms with E-state index in [0.717, 1.165) is 4.47 Å². The third-order valence-corrected chi connectivity index (χ3v) is 4.66. The van der Waals surface area contributed by atoms with Crippen molar-refractivity contribution in [1.29, 1.82) is 0 Å². The molecule has 114 valence electrons. The minimum atomic E-state index is -1.13. The zero-order valence-corrected chi connectivity index (χ0v) is 13.5. The van der Waals surface area contributed by atoms with E-state index < -0.39 is 23.5 Å². The van der Waals surface area contributed by atoms with Crippen molar-refractivity contribution in [1.82, 2.24) is 5.32 Å². The Labute approximate surface area is 134 Å². The Morgan fingerprint density at radius 2 is 2.24 bits per heavy atom. The molecule has 1 aliphatic rings. The number of hydrogen-bond donors (Lipinski definition) is 3. The second-order valence-corrected chi connectivity index (χ2v) is 6.28. The Morgan fingerprint density at radius 3 is 2.86 bits per heavy atom. The van der Waals surface area contributed by atoms with Crippen LogP contribution in [0.25, 0.3) is 0 Å². The molecule has 1 aromatic rings. The molecule has 2 unspecified atom stereocenters. The number of carboxylic acid groups (broad SMARTS) is 1. The van der Waals surface area contributed by atoms with Gasteiger partial charge in [0, 0.05) is 10.2 Å². The van der Waals surface area contributed by atoms with Crippen molar-refractivity contribution in [2.24, 2.45) is 5.41 Å². The van der Waals surface area contributed by atoms with Crippen LogP contribution in [0.2, 0.25) is 5.02 Å². The van der Waals surface area contributed by atoms with Crippen LogP contribution in [-0.4, -0.2) is 36.4 Å². The molecule has 2 amide bonds. The van der Waals surface area contributed by atoms with Crippen LogP contribution in [-0.2, 0) is 9.53 Å². The molecule has 3 N–H and O–H groups in total. The van der Waals surface area contributed by atoms with Crippen LogP contribution in [0.5, 0.6) is 0 Å². The van der Waals surface area contributed by atoms with Gasteiger partial charge in [-0.05, 0) is 41.1 Å². The summed E-state index contributed by atoms with van der Waals surface area (Å²) in [5.41, 5.74) is -0.619. The Hall–Kier alpha value is -1.31. The Balaban J connectivity index is 2.01. The summed E-state index contributed by atoms with van der Waals surface area (Å²) in [6.45, 7) is 1.78. The van der Waals surface area contributed by atoms with E-state index in [4.69, 9.17) is 16.3 Å². The molecule has 1 saturated heterocycles. The van der Waals surface area contributed by atoms with Gasteiger partial charge in [0.2, 0.25) is 0 Å². The van der Waals surface area contributed by atoms with E-state index in [1.54, 1.807) is 25.1 Å². The van der Waals surface area contributed by atoms with Crippen molar-refractivity contribution in [3.8, 4) is 0 Å². The van der Waals surface area contributed by atoms with Crippen LogP contribution in [0.15, 0.2) is 22.7 Å². The van der Waals surface area contributed by atoms with E-state index >= 15 is 0 Å². The summed E-state index contributed by atoms with van der Waals surface area (Å²) in [7, 11) is 0. The number of amides is 2. The summed E-state index contributed by atoms with van der Waals surface area (Å²) in [6.07, 6.45) is 0. The third-order valence-electron chi connectivity index (χ3n) is 3.43. The fourth-order valence-corrected chi connectivity index (χ4v) is 2.41. The Morgan fingerprint density at radius 1 is 1.52 bits per heavy atom. The summed E-state index contributed by atoms with van der Waals surface area (Å²) >= 11 is 9.19. The lowest BCUT2D eigenvalue weighted by atomic mass is 9.85. The number of carbonyl (C=O) groups excluding carboxylic acids is 1. The van der Waals surface area contributed by atoms with E-state index in [2.05, 4.69) is 26.6 Å². The molecule has 0 radical (unpaired) electrons. The van der Waals surface area contributed by atoms with Crippen molar-refractivity contribution in [3.05, 3.63) is 27.7 Å². The summed E-state index contributed by atoms with van der Waals surface area (Å²) in [5.74, 6) is -1.00. The number of anilines is 1. The van der Waals surface area contributed by atoms with Gasteiger partial charge < -0.3 is 20.5 Å². The molecule has 1 aromatic carbocycles. The zero-order chi connectivity index (χ0) is 15.6. The summed E-state index contributed by atoms with van der Waals surface area (Å²) < 4.78 is 5.89. The van der Waals surface area contributed by atoms with Crippen LogP contribution >= 0.6 is 27.5 Å². The quantitative estimate of drug-likeness (QED) is 0.756. The average molecular weight is 378 g/mol. The molecule has 0 aliphatic carbocycles. The summed E-state index contributed by atoms with van der Waals surface area (Å²) in [6, 6.07) is 3.87. The van der Waals surface area contributed by atoms with Crippen molar-refractivity contribution in [2.75, 3.05) is 18.5 Å². The molecule has 0 aromatic heterocycles. The van der Waals surface area contributed by atoms with Gasteiger partial charge >= 0.3 is 12.0 Å². The average Bonchev–Trinajstić information content (AvgIpc) is 2.77. The first kappa shape index (κ1) is 16.1. The molecule has 0 saturated carbocycles. The number of benzene rings is 1. The fraction of sp³-hybridized carbons (Fsp3) is 0.385. The van der Waals surface area contributed by atoms with Crippen molar-refractivity contribution < 1.29 is 19.4 Å². The maximum absolute atomic E-state index is 11.9. The summed E-state index contributed by atoms with van der Waals surface area (Å²) in [4.78, 5) is 23.2. The number of carboxylic acids is 1. The molecule has 2 rings (SSSR count).